The Balaban J connectivity index is 2.99. The molecule has 0 aliphatic carbocycles. The van der Waals surface area contributed by atoms with Crippen LogP contribution in [0.25, 0.3) is 0 Å². The summed E-state index contributed by atoms with van der Waals surface area (Å²) in [5, 5.41) is 20.3. The lowest BCUT2D eigenvalue weighted by molar-refractivity contribution is -0.0983. The Labute approximate surface area is 120 Å². The Bertz CT molecular complexity index is 441. The molecule has 0 fully saturated rings. The molecule has 0 aliphatic heterocycles. The van der Waals surface area contributed by atoms with E-state index in [1.807, 2.05) is 31.4 Å². The average molecular weight is 282 g/mol. The standard InChI is InChI=1S/C14H23BO3S/c1-10-7-8-11(12(9-10)19-6)15(17)18-14(4,5)13(2,3)16/h7-9,16-17H,1-6H3. The van der Waals surface area contributed by atoms with E-state index >= 15 is 0 Å². The Morgan fingerprint density at radius 3 is 2.26 bits per heavy atom. The maximum Gasteiger partial charge on any atom is 0.492 e. The highest BCUT2D eigenvalue weighted by molar-refractivity contribution is 7.98. The van der Waals surface area contributed by atoms with E-state index in [0.717, 1.165) is 15.9 Å². The molecule has 0 aromatic heterocycles. The summed E-state index contributed by atoms with van der Waals surface area (Å²) in [6.45, 7) is 8.89. The number of hydrogen-bond acceptors (Lipinski definition) is 4. The van der Waals surface area contributed by atoms with Crippen molar-refractivity contribution in [2.24, 2.45) is 0 Å². The average Bonchev–Trinajstić information content (AvgIpc) is 2.26. The molecule has 1 rings (SSSR count). The zero-order valence-electron chi connectivity index (χ0n) is 12.5. The van der Waals surface area contributed by atoms with Gasteiger partial charge in [0, 0.05) is 4.90 Å². The first-order valence-corrected chi connectivity index (χ1v) is 7.54. The summed E-state index contributed by atoms with van der Waals surface area (Å²) in [6, 6.07) is 5.83. The zero-order valence-corrected chi connectivity index (χ0v) is 13.3. The summed E-state index contributed by atoms with van der Waals surface area (Å²) >= 11 is 1.57. The number of aliphatic hydroxyl groups is 1. The van der Waals surface area contributed by atoms with E-state index in [1.165, 1.54) is 0 Å². The van der Waals surface area contributed by atoms with Crippen LogP contribution >= 0.6 is 11.8 Å². The molecule has 5 heteroatoms. The fourth-order valence-corrected chi connectivity index (χ4v) is 2.22. The molecule has 106 valence electrons. The largest absolute Gasteiger partial charge is 0.492 e. The second-order valence-corrected chi connectivity index (χ2v) is 6.63. The molecule has 1 aromatic carbocycles. The van der Waals surface area contributed by atoms with Gasteiger partial charge < -0.3 is 14.8 Å². The fraction of sp³-hybridized carbons (Fsp3) is 0.571. The van der Waals surface area contributed by atoms with Crippen molar-refractivity contribution >= 4 is 24.3 Å². The highest BCUT2D eigenvalue weighted by Crippen LogP contribution is 2.26. The molecule has 0 saturated carbocycles. The summed E-state index contributed by atoms with van der Waals surface area (Å²) in [6.07, 6.45) is 1.96. The lowest BCUT2D eigenvalue weighted by atomic mass is 9.76. The van der Waals surface area contributed by atoms with Gasteiger partial charge in [-0.1, -0.05) is 17.7 Å². The molecule has 0 spiro atoms. The molecule has 0 heterocycles. The van der Waals surface area contributed by atoms with Crippen LogP contribution in [0, 0.1) is 6.92 Å². The maximum atomic E-state index is 10.3. The van der Waals surface area contributed by atoms with Crippen LogP contribution in [0.15, 0.2) is 23.1 Å². The van der Waals surface area contributed by atoms with Crippen LogP contribution in [-0.4, -0.2) is 34.7 Å². The minimum atomic E-state index is -1.05. The first-order chi connectivity index (χ1) is 8.58. The van der Waals surface area contributed by atoms with E-state index in [1.54, 1.807) is 39.5 Å². The van der Waals surface area contributed by atoms with Crippen molar-refractivity contribution in [3.63, 3.8) is 0 Å². The number of thioether (sulfide) groups is 1. The first-order valence-electron chi connectivity index (χ1n) is 6.31. The topological polar surface area (TPSA) is 49.7 Å². The quantitative estimate of drug-likeness (QED) is 0.640. The van der Waals surface area contributed by atoms with Crippen molar-refractivity contribution in [2.45, 2.75) is 50.7 Å². The predicted octanol–water partition coefficient (Wildman–Crippen LogP) is 1.97. The van der Waals surface area contributed by atoms with Crippen molar-refractivity contribution in [1.82, 2.24) is 0 Å². The molecular formula is C14H23BO3S. The van der Waals surface area contributed by atoms with E-state index in [4.69, 9.17) is 4.65 Å². The Morgan fingerprint density at radius 1 is 1.21 bits per heavy atom. The highest BCUT2D eigenvalue weighted by Gasteiger charge is 2.39. The number of benzene rings is 1. The van der Waals surface area contributed by atoms with E-state index < -0.39 is 18.3 Å². The third kappa shape index (κ3) is 3.99. The molecule has 0 radical (unpaired) electrons. The molecular weight excluding hydrogens is 259 g/mol. The normalized spacial score (nSPS) is 12.6. The van der Waals surface area contributed by atoms with Crippen LogP contribution in [0.5, 0.6) is 0 Å². The SMILES string of the molecule is CSc1cc(C)ccc1B(O)OC(C)(C)C(C)(C)O. The summed E-state index contributed by atoms with van der Waals surface area (Å²) in [5.41, 5.74) is -0.0250. The molecule has 0 atom stereocenters. The molecule has 0 amide bonds. The summed E-state index contributed by atoms with van der Waals surface area (Å²) in [5.74, 6) is 0. The van der Waals surface area contributed by atoms with Crippen molar-refractivity contribution in [2.75, 3.05) is 6.26 Å². The van der Waals surface area contributed by atoms with E-state index in [9.17, 15) is 10.1 Å². The number of hydrogen-bond donors (Lipinski definition) is 2. The van der Waals surface area contributed by atoms with Crippen molar-refractivity contribution in [3.8, 4) is 0 Å². The Hall–Kier alpha value is -0.485. The van der Waals surface area contributed by atoms with Crippen LogP contribution in [0.3, 0.4) is 0 Å². The number of aryl methyl sites for hydroxylation is 1. The van der Waals surface area contributed by atoms with Gasteiger partial charge in [-0.15, -0.1) is 11.8 Å². The number of rotatable bonds is 5. The fourth-order valence-electron chi connectivity index (χ4n) is 1.51. The third-order valence-corrected chi connectivity index (χ3v) is 4.33. The molecule has 2 N–H and O–H groups in total. The lowest BCUT2D eigenvalue weighted by Crippen LogP contribution is -2.53. The summed E-state index contributed by atoms with van der Waals surface area (Å²) in [4.78, 5) is 0.985. The van der Waals surface area contributed by atoms with Crippen LogP contribution < -0.4 is 5.46 Å². The van der Waals surface area contributed by atoms with Gasteiger partial charge in [0.25, 0.3) is 0 Å². The van der Waals surface area contributed by atoms with E-state index in [-0.39, 0.29) is 0 Å². The van der Waals surface area contributed by atoms with Gasteiger partial charge in [-0.25, -0.2) is 0 Å². The molecule has 1 aromatic rings. The van der Waals surface area contributed by atoms with Crippen molar-refractivity contribution in [1.29, 1.82) is 0 Å². The van der Waals surface area contributed by atoms with Gasteiger partial charge in [-0.3, -0.25) is 0 Å². The molecule has 3 nitrogen and oxygen atoms in total. The molecule has 0 unspecified atom stereocenters. The smallest absolute Gasteiger partial charge is 0.423 e. The monoisotopic (exact) mass is 282 g/mol. The van der Waals surface area contributed by atoms with Crippen molar-refractivity contribution in [3.05, 3.63) is 23.8 Å². The van der Waals surface area contributed by atoms with Gasteiger partial charge in [0.2, 0.25) is 0 Å². The van der Waals surface area contributed by atoms with Gasteiger partial charge in [0.15, 0.2) is 0 Å². The minimum absolute atomic E-state index is 0.732. The minimum Gasteiger partial charge on any atom is -0.423 e. The predicted molar refractivity (Wildman–Crippen MR) is 82.0 cm³/mol. The van der Waals surface area contributed by atoms with Crippen LogP contribution in [0.2, 0.25) is 0 Å². The second kappa shape index (κ2) is 5.88. The molecule has 0 saturated heterocycles. The van der Waals surface area contributed by atoms with Gasteiger partial charge in [0.05, 0.1) is 11.2 Å². The van der Waals surface area contributed by atoms with Gasteiger partial charge >= 0.3 is 7.12 Å². The van der Waals surface area contributed by atoms with Crippen LogP contribution in [-0.2, 0) is 4.65 Å². The van der Waals surface area contributed by atoms with Gasteiger partial charge in [-0.2, -0.15) is 0 Å². The van der Waals surface area contributed by atoms with Crippen LogP contribution in [0.4, 0.5) is 0 Å². The Morgan fingerprint density at radius 2 is 1.79 bits per heavy atom. The highest BCUT2D eigenvalue weighted by atomic mass is 32.2. The third-order valence-electron chi connectivity index (χ3n) is 3.53. The molecule has 19 heavy (non-hydrogen) atoms. The summed E-state index contributed by atoms with van der Waals surface area (Å²) < 4.78 is 5.66. The lowest BCUT2D eigenvalue weighted by Gasteiger charge is -2.38. The summed E-state index contributed by atoms with van der Waals surface area (Å²) in [7, 11) is -1.05. The maximum absolute atomic E-state index is 10.3. The van der Waals surface area contributed by atoms with E-state index in [0.29, 0.717) is 0 Å². The first kappa shape index (κ1) is 16.6. The van der Waals surface area contributed by atoms with E-state index in [2.05, 4.69) is 0 Å². The van der Waals surface area contributed by atoms with Crippen molar-refractivity contribution < 1.29 is 14.8 Å². The van der Waals surface area contributed by atoms with Gasteiger partial charge in [-0.05, 0) is 52.4 Å². The molecule has 0 bridgehead atoms. The zero-order chi connectivity index (χ0) is 14.8. The second-order valence-electron chi connectivity index (χ2n) is 5.78. The Kier molecular flexibility index (Phi) is 5.12. The van der Waals surface area contributed by atoms with Gasteiger partial charge in [0.1, 0.15) is 0 Å². The van der Waals surface area contributed by atoms with Crippen LogP contribution in [0.1, 0.15) is 33.3 Å². The molecule has 0 aliphatic rings.